The lowest BCUT2D eigenvalue weighted by molar-refractivity contribution is -0.141. The topological polar surface area (TPSA) is 147 Å². The fourth-order valence-corrected chi connectivity index (χ4v) is 4.75. The van der Waals surface area contributed by atoms with Gasteiger partial charge in [0.1, 0.15) is 18.8 Å². The smallest absolute Gasteiger partial charge is 0.249 e. The van der Waals surface area contributed by atoms with E-state index in [1.165, 1.54) is 19.1 Å². The van der Waals surface area contributed by atoms with Crippen LogP contribution in [0, 0.1) is 0 Å². The summed E-state index contributed by atoms with van der Waals surface area (Å²) in [5.41, 5.74) is 1.45. The van der Waals surface area contributed by atoms with Crippen LogP contribution in [-0.4, -0.2) is 104 Å². The van der Waals surface area contributed by atoms with Gasteiger partial charge in [0, 0.05) is 44.5 Å². The maximum atomic E-state index is 13.2. The number of fused-ring (bicyclic) bond motifs is 3. The third-order valence-electron chi connectivity index (χ3n) is 6.33. The molecule has 11 heteroatoms. The first-order valence-corrected chi connectivity index (χ1v) is 12.0. The van der Waals surface area contributed by atoms with Crippen LogP contribution in [0.25, 0.3) is 0 Å². The molecule has 4 N–H and O–H groups in total. The molecule has 0 fully saturated rings. The molecule has 0 spiro atoms. The number of rotatable bonds is 13. The van der Waals surface area contributed by atoms with Crippen molar-refractivity contribution in [3.05, 3.63) is 34.9 Å². The van der Waals surface area contributed by atoms with Crippen LogP contribution in [0.4, 0.5) is 0 Å². The highest BCUT2D eigenvalue weighted by molar-refractivity contribution is 5.96. The Morgan fingerprint density at radius 3 is 2.64 bits per heavy atom. The van der Waals surface area contributed by atoms with E-state index in [1.54, 1.807) is 18.2 Å². The summed E-state index contributed by atoms with van der Waals surface area (Å²) in [4.78, 5) is 27.7. The Balaban J connectivity index is 2.06. The summed E-state index contributed by atoms with van der Waals surface area (Å²) in [5.74, 6) is -0.730. The zero-order chi connectivity index (χ0) is 26.2. The second-order valence-electron chi connectivity index (χ2n) is 8.59. The number of benzene rings is 1. The lowest BCUT2D eigenvalue weighted by Crippen LogP contribution is -2.56. The van der Waals surface area contributed by atoms with Crippen LogP contribution in [0.1, 0.15) is 30.4 Å². The molecule has 1 aliphatic carbocycles. The maximum absolute atomic E-state index is 13.2. The van der Waals surface area contributed by atoms with E-state index in [1.807, 2.05) is 6.92 Å². The van der Waals surface area contributed by atoms with Gasteiger partial charge in [-0.3, -0.25) is 9.59 Å². The third kappa shape index (κ3) is 5.81. The molecule has 200 valence electrons. The van der Waals surface area contributed by atoms with E-state index in [9.17, 15) is 24.9 Å². The number of carbonyl (C=O) groups is 2. The summed E-state index contributed by atoms with van der Waals surface area (Å²) in [6, 6.07) is 2.48. The first kappa shape index (κ1) is 27.9. The second kappa shape index (κ2) is 13.0. The Morgan fingerprint density at radius 1 is 1.22 bits per heavy atom. The molecular formula is C25H36N2O9. The van der Waals surface area contributed by atoms with Crippen molar-refractivity contribution < 1.29 is 43.9 Å². The zero-order valence-electron chi connectivity index (χ0n) is 20.9. The van der Waals surface area contributed by atoms with Crippen LogP contribution in [-0.2, 0) is 25.7 Å². The van der Waals surface area contributed by atoms with Gasteiger partial charge in [-0.25, -0.2) is 0 Å². The van der Waals surface area contributed by atoms with Gasteiger partial charge in [-0.1, -0.05) is 0 Å². The molecule has 2 amide bonds. The summed E-state index contributed by atoms with van der Waals surface area (Å²) in [6.07, 6.45) is 0.0444. The molecule has 3 rings (SSSR count). The minimum Gasteiger partial charge on any atom is -0.493 e. The van der Waals surface area contributed by atoms with Gasteiger partial charge in [-0.15, -0.1) is 0 Å². The molecule has 1 heterocycles. The van der Waals surface area contributed by atoms with Gasteiger partial charge in [-0.2, -0.15) is 0 Å². The Morgan fingerprint density at radius 2 is 2.00 bits per heavy atom. The number of ether oxygens (including phenoxy) is 4. The van der Waals surface area contributed by atoms with Gasteiger partial charge in [-0.05, 0) is 37.1 Å². The van der Waals surface area contributed by atoms with E-state index >= 15 is 0 Å². The van der Waals surface area contributed by atoms with Gasteiger partial charge in [0.15, 0.2) is 11.5 Å². The molecule has 11 nitrogen and oxygen atoms in total. The fourth-order valence-electron chi connectivity index (χ4n) is 4.75. The highest BCUT2D eigenvalue weighted by atomic mass is 16.5. The average molecular weight is 509 g/mol. The molecule has 0 saturated heterocycles. The lowest BCUT2D eigenvalue weighted by atomic mass is 9.77. The first-order valence-electron chi connectivity index (χ1n) is 12.0. The molecule has 0 saturated carbocycles. The Labute approximate surface area is 210 Å². The van der Waals surface area contributed by atoms with Crippen molar-refractivity contribution in [1.82, 2.24) is 10.2 Å². The summed E-state index contributed by atoms with van der Waals surface area (Å²) in [5, 5.41) is 33.1. The molecule has 1 aliphatic heterocycles. The molecule has 0 radical (unpaired) electrons. The number of hydrogen-bond acceptors (Lipinski definition) is 9. The maximum Gasteiger partial charge on any atom is 0.249 e. The van der Waals surface area contributed by atoms with Gasteiger partial charge in [0.2, 0.25) is 11.8 Å². The van der Waals surface area contributed by atoms with Crippen LogP contribution in [0.15, 0.2) is 23.8 Å². The van der Waals surface area contributed by atoms with Crippen molar-refractivity contribution in [3.63, 3.8) is 0 Å². The lowest BCUT2D eigenvalue weighted by Gasteiger charge is -2.40. The SMILES string of the molecule is CCOCCCN(C(=O)COC)C1C=C(C(=O)NCCO)C2c3cc(CO)cc(OC)c3OC2C1O. The van der Waals surface area contributed by atoms with Gasteiger partial charge >= 0.3 is 0 Å². The van der Waals surface area contributed by atoms with Crippen molar-refractivity contribution in [2.75, 3.05) is 53.7 Å². The van der Waals surface area contributed by atoms with E-state index in [4.69, 9.17) is 18.9 Å². The molecular weight excluding hydrogens is 472 g/mol. The summed E-state index contributed by atoms with van der Waals surface area (Å²) < 4.78 is 22.1. The molecule has 0 bridgehead atoms. The van der Waals surface area contributed by atoms with E-state index in [-0.39, 0.29) is 38.8 Å². The minimum absolute atomic E-state index is 0.0369. The monoisotopic (exact) mass is 508 g/mol. The van der Waals surface area contributed by atoms with Crippen molar-refractivity contribution >= 4 is 11.8 Å². The summed E-state index contributed by atoms with van der Waals surface area (Å²) >= 11 is 0. The molecule has 1 aromatic rings. The van der Waals surface area contributed by atoms with Crippen molar-refractivity contribution in [1.29, 1.82) is 0 Å². The molecule has 36 heavy (non-hydrogen) atoms. The molecule has 2 aliphatic rings. The number of nitrogens with one attached hydrogen (secondary N) is 1. The van der Waals surface area contributed by atoms with Crippen molar-refractivity contribution in [2.45, 2.75) is 44.1 Å². The largest absolute Gasteiger partial charge is 0.493 e. The predicted molar refractivity (Wildman–Crippen MR) is 129 cm³/mol. The second-order valence-corrected chi connectivity index (χ2v) is 8.59. The molecule has 1 aromatic carbocycles. The molecule has 4 atom stereocenters. The van der Waals surface area contributed by atoms with E-state index in [0.717, 1.165) is 0 Å². The standard InChI is InChI=1S/C25H36N2O9/c1-4-35-9-5-7-27(20(30)14-33-2)18-12-17(25(32)26-6-8-28)21-16-10-15(13-29)11-19(34-3)23(16)36-24(21)22(18)31/h10-12,18,21-22,24,28-29,31H,4-9,13-14H2,1-3H3,(H,26,32). The van der Waals surface area contributed by atoms with Crippen molar-refractivity contribution in [2.24, 2.45) is 0 Å². The van der Waals surface area contributed by atoms with Gasteiger partial charge < -0.3 is 44.5 Å². The fraction of sp³-hybridized carbons (Fsp3) is 0.600. The highest BCUT2D eigenvalue weighted by Gasteiger charge is 2.51. The Kier molecular flexibility index (Phi) is 10.1. The van der Waals surface area contributed by atoms with Gasteiger partial charge in [0.05, 0.1) is 32.3 Å². The van der Waals surface area contributed by atoms with Crippen LogP contribution in [0.5, 0.6) is 11.5 Å². The van der Waals surface area contributed by atoms with E-state index in [2.05, 4.69) is 5.32 Å². The number of nitrogens with zero attached hydrogens (tertiary/aromatic N) is 1. The minimum atomic E-state index is -1.17. The predicted octanol–water partition coefficient (Wildman–Crippen LogP) is -0.288. The Hall–Kier alpha value is -2.70. The van der Waals surface area contributed by atoms with Gasteiger partial charge in [0.25, 0.3) is 0 Å². The number of carbonyl (C=O) groups excluding carboxylic acids is 2. The zero-order valence-corrected chi connectivity index (χ0v) is 20.9. The first-order chi connectivity index (χ1) is 17.4. The number of methoxy groups -OCH3 is 2. The van der Waals surface area contributed by atoms with E-state index in [0.29, 0.717) is 47.8 Å². The van der Waals surface area contributed by atoms with Crippen molar-refractivity contribution in [3.8, 4) is 11.5 Å². The number of hydrogen-bond donors (Lipinski definition) is 4. The van der Waals surface area contributed by atoms with E-state index < -0.39 is 30.1 Å². The highest BCUT2D eigenvalue weighted by Crippen LogP contribution is 2.51. The summed E-state index contributed by atoms with van der Waals surface area (Å²) in [6.45, 7) is 2.47. The average Bonchev–Trinajstić information content (AvgIpc) is 3.27. The van der Waals surface area contributed by atoms with Crippen LogP contribution in [0.2, 0.25) is 0 Å². The third-order valence-corrected chi connectivity index (χ3v) is 6.33. The van der Waals surface area contributed by atoms with Crippen LogP contribution in [0.3, 0.4) is 0 Å². The number of aliphatic hydroxyl groups is 3. The van der Waals surface area contributed by atoms with Crippen LogP contribution >= 0.6 is 0 Å². The number of amides is 2. The normalized spacial score (nSPS) is 22.2. The molecule has 4 unspecified atom stereocenters. The number of aliphatic hydroxyl groups excluding tert-OH is 3. The quantitative estimate of drug-likeness (QED) is 0.264. The van der Waals surface area contributed by atoms with Crippen LogP contribution < -0.4 is 14.8 Å². The Bertz CT molecular complexity index is 952. The molecule has 0 aromatic heterocycles. The summed E-state index contributed by atoms with van der Waals surface area (Å²) in [7, 11) is 2.88.